The first kappa shape index (κ1) is 8.55. The fraction of sp³-hybridized carbons (Fsp3) is 0.667. The molecule has 0 fully saturated rings. The number of nitrogens with zero attached hydrogens (tertiary/aromatic N) is 1. The fourth-order valence-corrected chi connectivity index (χ4v) is 1.74. The van der Waals surface area contributed by atoms with Gasteiger partial charge in [-0.25, -0.2) is 4.79 Å². The van der Waals surface area contributed by atoms with Crippen LogP contribution >= 0.6 is 11.8 Å². The molecule has 0 aromatic carbocycles. The van der Waals surface area contributed by atoms with Crippen molar-refractivity contribution in [1.82, 2.24) is 0 Å². The molecule has 0 radical (unpaired) electrons. The van der Waals surface area contributed by atoms with E-state index in [0.29, 0.717) is 10.8 Å². The molecule has 0 aliphatic carbocycles. The van der Waals surface area contributed by atoms with E-state index in [1.807, 2.05) is 0 Å². The second-order valence-electron chi connectivity index (χ2n) is 2.31. The Hall–Kier alpha value is -0.550. The number of hydrogen-bond acceptors (Lipinski definition) is 4. The highest BCUT2D eigenvalue weighted by atomic mass is 32.2. The number of carbonyl (C=O) groups is 1. The van der Waals surface area contributed by atoms with Crippen molar-refractivity contribution in [1.29, 1.82) is 0 Å². The molecule has 5 heteroatoms. The smallest absolute Gasteiger partial charge is 0.329 e. The Balaban J connectivity index is 2.61. The predicted molar refractivity (Wildman–Crippen MR) is 43.0 cm³/mol. The van der Waals surface area contributed by atoms with E-state index in [1.165, 1.54) is 11.8 Å². The van der Waals surface area contributed by atoms with Crippen LogP contribution in [0.5, 0.6) is 0 Å². The number of rotatable bonds is 2. The summed E-state index contributed by atoms with van der Waals surface area (Å²) in [6, 6.07) is -0.662. The minimum Gasteiger partial charge on any atom is -0.480 e. The Kier molecular flexibility index (Phi) is 2.51. The number of aliphatic hydroxyl groups excluding tert-OH is 1. The molecule has 1 aliphatic heterocycles. The van der Waals surface area contributed by atoms with Gasteiger partial charge < -0.3 is 10.2 Å². The Bertz CT molecular complexity index is 202. The van der Waals surface area contributed by atoms with E-state index in [-0.39, 0.29) is 0 Å². The normalized spacial score (nSPS) is 26.4. The van der Waals surface area contributed by atoms with Gasteiger partial charge >= 0.3 is 5.97 Å². The van der Waals surface area contributed by atoms with E-state index in [0.717, 1.165) is 0 Å². The van der Waals surface area contributed by atoms with Crippen LogP contribution in [0.15, 0.2) is 4.99 Å². The summed E-state index contributed by atoms with van der Waals surface area (Å²) in [5, 5.41) is 18.0. The zero-order valence-corrected chi connectivity index (χ0v) is 6.84. The molecule has 0 aromatic rings. The minimum absolute atomic E-state index is 0.440. The largest absolute Gasteiger partial charge is 0.480 e. The third-order valence-corrected chi connectivity index (χ3v) is 2.54. The van der Waals surface area contributed by atoms with Crippen molar-refractivity contribution >= 4 is 22.8 Å². The molecular formula is C6H9NO3S. The van der Waals surface area contributed by atoms with E-state index in [2.05, 4.69) is 4.99 Å². The van der Waals surface area contributed by atoms with Crippen LogP contribution in [0.25, 0.3) is 0 Å². The van der Waals surface area contributed by atoms with Crippen LogP contribution < -0.4 is 0 Å². The van der Waals surface area contributed by atoms with Crippen LogP contribution in [0.4, 0.5) is 0 Å². The van der Waals surface area contributed by atoms with Crippen molar-refractivity contribution in [2.24, 2.45) is 4.99 Å². The second kappa shape index (κ2) is 3.23. The number of carboxylic acids is 1. The lowest BCUT2D eigenvalue weighted by molar-refractivity contribution is -0.137. The van der Waals surface area contributed by atoms with Gasteiger partial charge in [0.15, 0.2) is 6.04 Å². The van der Waals surface area contributed by atoms with E-state index in [1.54, 1.807) is 6.92 Å². The van der Waals surface area contributed by atoms with Gasteiger partial charge in [-0.05, 0) is 6.92 Å². The Morgan fingerprint density at radius 2 is 2.55 bits per heavy atom. The standard InChI is InChI=1S/C6H9NO3S/c1-3(8)5-7-4(2-11-5)6(9)10/h3-4,8H,2H2,1H3,(H,9,10). The average molecular weight is 175 g/mol. The van der Waals surface area contributed by atoms with Crippen molar-refractivity contribution in [2.75, 3.05) is 5.75 Å². The first-order chi connectivity index (χ1) is 5.11. The molecular weight excluding hydrogens is 166 g/mol. The molecule has 1 aliphatic rings. The Labute approximate surface area is 68.3 Å². The molecule has 2 atom stereocenters. The van der Waals surface area contributed by atoms with E-state index in [4.69, 9.17) is 10.2 Å². The summed E-state index contributed by atoms with van der Waals surface area (Å²) >= 11 is 1.31. The van der Waals surface area contributed by atoms with Gasteiger partial charge in [-0.3, -0.25) is 4.99 Å². The molecule has 0 aromatic heterocycles. The summed E-state index contributed by atoms with van der Waals surface area (Å²) in [5.41, 5.74) is 0. The summed E-state index contributed by atoms with van der Waals surface area (Å²) in [6.07, 6.45) is -0.635. The molecule has 0 spiro atoms. The highest BCUT2D eigenvalue weighted by Crippen LogP contribution is 2.20. The molecule has 1 heterocycles. The number of thioether (sulfide) groups is 1. The quantitative estimate of drug-likeness (QED) is 0.618. The van der Waals surface area contributed by atoms with Crippen molar-refractivity contribution in [3.63, 3.8) is 0 Å². The highest BCUT2D eigenvalue weighted by Gasteiger charge is 2.25. The number of hydrogen-bond donors (Lipinski definition) is 2. The molecule has 1 rings (SSSR count). The van der Waals surface area contributed by atoms with Gasteiger partial charge in [-0.2, -0.15) is 0 Å². The maximum absolute atomic E-state index is 10.4. The van der Waals surface area contributed by atoms with Crippen LogP contribution in [0.1, 0.15) is 6.92 Å². The fourth-order valence-electron chi connectivity index (χ4n) is 0.747. The predicted octanol–water partition coefficient (Wildman–Crippen LogP) is -0.0343. The first-order valence-corrected chi connectivity index (χ1v) is 4.21. The topological polar surface area (TPSA) is 69.9 Å². The monoisotopic (exact) mass is 175 g/mol. The van der Waals surface area contributed by atoms with Gasteiger partial charge in [0.25, 0.3) is 0 Å². The van der Waals surface area contributed by atoms with Crippen molar-refractivity contribution in [3.8, 4) is 0 Å². The average Bonchev–Trinajstić information content (AvgIpc) is 2.33. The maximum atomic E-state index is 10.4. The zero-order valence-electron chi connectivity index (χ0n) is 6.02. The van der Waals surface area contributed by atoms with Crippen LogP contribution in [-0.4, -0.2) is 39.1 Å². The van der Waals surface area contributed by atoms with E-state index in [9.17, 15) is 4.79 Å². The number of aliphatic carboxylic acids is 1. The van der Waals surface area contributed by atoms with E-state index < -0.39 is 18.1 Å². The molecule has 2 N–H and O–H groups in total. The molecule has 2 unspecified atom stereocenters. The van der Waals surface area contributed by atoms with Gasteiger partial charge in [0.2, 0.25) is 0 Å². The van der Waals surface area contributed by atoms with Crippen LogP contribution in [-0.2, 0) is 4.79 Å². The number of aliphatic hydroxyl groups is 1. The lowest BCUT2D eigenvalue weighted by atomic mass is 10.3. The summed E-state index contributed by atoms with van der Waals surface area (Å²) in [7, 11) is 0. The lowest BCUT2D eigenvalue weighted by Gasteiger charge is -1.99. The van der Waals surface area contributed by atoms with E-state index >= 15 is 0 Å². The highest BCUT2D eigenvalue weighted by molar-refractivity contribution is 8.14. The van der Waals surface area contributed by atoms with Crippen molar-refractivity contribution in [3.05, 3.63) is 0 Å². The third-order valence-electron chi connectivity index (χ3n) is 1.31. The molecule has 0 saturated heterocycles. The van der Waals surface area contributed by atoms with Crippen LogP contribution in [0.2, 0.25) is 0 Å². The van der Waals surface area contributed by atoms with Crippen LogP contribution in [0.3, 0.4) is 0 Å². The zero-order chi connectivity index (χ0) is 8.43. The van der Waals surface area contributed by atoms with Gasteiger partial charge in [0.1, 0.15) is 0 Å². The number of aliphatic imine (C=N–C) groups is 1. The maximum Gasteiger partial charge on any atom is 0.329 e. The molecule has 62 valence electrons. The SMILES string of the molecule is CC(O)C1=NC(C(=O)O)CS1. The second-order valence-corrected chi connectivity index (χ2v) is 3.35. The molecule has 11 heavy (non-hydrogen) atoms. The van der Waals surface area contributed by atoms with Gasteiger partial charge in [0.05, 0.1) is 11.1 Å². The Morgan fingerprint density at radius 3 is 2.82 bits per heavy atom. The summed E-state index contributed by atoms with van der Waals surface area (Å²) in [4.78, 5) is 14.2. The summed E-state index contributed by atoms with van der Waals surface area (Å²) in [5.74, 6) is -0.483. The van der Waals surface area contributed by atoms with Crippen molar-refractivity contribution < 1.29 is 15.0 Å². The van der Waals surface area contributed by atoms with Gasteiger partial charge in [-0.1, -0.05) is 0 Å². The molecule has 0 amide bonds. The van der Waals surface area contributed by atoms with Crippen LogP contribution in [0, 0.1) is 0 Å². The van der Waals surface area contributed by atoms with Crippen molar-refractivity contribution in [2.45, 2.75) is 19.1 Å². The first-order valence-electron chi connectivity index (χ1n) is 3.22. The summed E-state index contributed by atoms with van der Waals surface area (Å²) in [6.45, 7) is 1.58. The minimum atomic E-state index is -0.923. The number of carboxylic acid groups (broad SMARTS) is 1. The lowest BCUT2D eigenvalue weighted by Crippen LogP contribution is -2.17. The van der Waals surface area contributed by atoms with Gasteiger partial charge in [-0.15, -0.1) is 11.8 Å². The third kappa shape index (κ3) is 1.94. The Morgan fingerprint density at radius 1 is 1.91 bits per heavy atom. The molecule has 0 bridgehead atoms. The summed E-state index contributed by atoms with van der Waals surface area (Å²) < 4.78 is 0. The molecule has 4 nitrogen and oxygen atoms in total. The molecule has 0 saturated carbocycles. The van der Waals surface area contributed by atoms with Gasteiger partial charge in [0, 0.05) is 5.75 Å².